The van der Waals surface area contributed by atoms with Crippen LogP contribution in [0.4, 0.5) is 0 Å². The number of nitrogens with two attached hydrogens (primary N) is 1. The van der Waals surface area contributed by atoms with Gasteiger partial charge in [0.1, 0.15) is 6.04 Å². The molecule has 6 nitrogen and oxygen atoms in total. The van der Waals surface area contributed by atoms with Crippen molar-refractivity contribution in [2.24, 2.45) is 5.73 Å². The van der Waals surface area contributed by atoms with Crippen molar-refractivity contribution in [2.75, 3.05) is 13.2 Å². The molecule has 0 radical (unpaired) electrons. The highest BCUT2D eigenvalue weighted by Crippen LogP contribution is 2.26. The molecule has 0 bridgehead atoms. The van der Waals surface area contributed by atoms with Crippen LogP contribution < -0.4 is 5.73 Å². The standard InChI is InChI=1S/C17H22N2O4/c1-2-3-11-23-17(22)14(9-6-10-18)19-15(20)12-7-4-5-8-13(12)16(19)21/h4-5,7-8,14H,2-3,6,9-11,18H2,1H3. The molecule has 2 N–H and O–H groups in total. The molecule has 0 saturated carbocycles. The summed E-state index contributed by atoms with van der Waals surface area (Å²) in [6.45, 7) is 2.66. The second-order valence-corrected chi connectivity index (χ2v) is 5.49. The van der Waals surface area contributed by atoms with Gasteiger partial charge in [-0.05, 0) is 37.9 Å². The predicted octanol–water partition coefficient (Wildman–Crippen LogP) is 1.73. The number of benzene rings is 1. The highest BCUT2D eigenvalue weighted by atomic mass is 16.5. The van der Waals surface area contributed by atoms with Crippen molar-refractivity contribution in [3.63, 3.8) is 0 Å². The minimum absolute atomic E-state index is 0.289. The Bertz CT molecular complexity index is 565. The van der Waals surface area contributed by atoms with E-state index in [9.17, 15) is 14.4 Å². The Morgan fingerprint density at radius 2 is 1.78 bits per heavy atom. The third-order valence-electron chi connectivity index (χ3n) is 3.83. The van der Waals surface area contributed by atoms with Crippen LogP contribution in [-0.2, 0) is 9.53 Å². The summed E-state index contributed by atoms with van der Waals surface area (Å²) >= 11 is 0. The number of ether oxygens (including phenoxy) is 1. The van der Waals surface area contributed by atoms with Crippen molar-refractivity contribution in [3.8, 4) is 0 Å². The lowest BCUT2D eigenvalue weighted by Gasteiger charge is -2.24. The van der Waals surface area contributed by atoms with Crippen LogP contribution in [0.5, 0.6) is 0 Å². The Morgan fingerprint density at radius 3 is 2.30 bits per heavy atom. The number of imide groups is 1. The van der Waals surface area contributed by atoms with E-state index in [1.165, 1.54) is 0 Å². The van der Waals surface area contributed by atoms with Crippen LogP contribution in [0.15, 0.2) is 24.3 Å². The summed E-state index contributed by atoms with van der Waals surface area (Å²) in [5.74, 6) is -1.43. The summed E-state index contributed by atoms with van der Waals surface area (Å²) in [5, 5.41) is 0. The lowest BCUT2D eigenvalue weighted by Crippen LogP contribution is -2.46. The minimum atomic E-state index is -0.914. The summed E-state index contributed by atoms with van der Waals surface area (Å²) < 4.78 is 5.22. The Kier molecular flexibility index (Phi) is 5.87. The van der Waals surface area contributed by atoms with E-state index in [2.05, 4.69) is 0 Å². The molecule has 0 aromatic heterocycles. The van der Waals surface area contributed by atoms with Gasteiger partial charge < -0.3 is 10.5 Å². The van der Waals surface area contributed by atoms with E-state index in [0.29, 0.717) is 30.5 Å². The molecule has 1 aromatic rings. The third-order valence-corrected chi connectivity index (χ3v) is 3.83. The van der Waals surface area contributed by atoms with Crippen LogP contribution in [0.1, 0.15) is 53.3 Å². The molecule has 1 aromatic carbocycles. The van der Waals surface area contributed by atoms with Crippen molar-refractivity contribution >= 4 is 17.8 Å². The van der Waals surface area contributed by atoms with E-state index in [1.807, 2.05) is 6.92 Å². The summed E-state index contributed by atoms with van der Waals surface area (Å²) in [6.07, 6.45) is 2.49. The fourth-order valence-electron chi connectivity index (χ4n) is 2.57. The van der Waals surface area contributed by atoms with Crippen molar-refractivity contribution < 1.29 is 19.1 Å². The van der Waals surface area contributed by atoms with E-state index in [4.69, 9.17) is 10.5 Å². The molecule has 2 rings (SSSR count). The van der Waals surface area contributed by atoms with Gasteiger partial charge in [0.2, 0.25) is 0 Å². The van der Waals surface area contributed by atoms with Crippen molar-refractivity contribution in [1.29, 1.82) is 0 Å². The summed E-state index contributed by atoms with van der Waals surface area (Å²) in [4.78, 5) is 38.4. The Balaban J connectivity index is 2.21. The quantitative estimate of drug-likeness (QED) is 0.448. The van der Waals surface area contributed by atoms with Crippen LogP contribution in [0, 0.1) is 0 Å². The van der Waals surface area contributed by atoms with Gasteiger partial charge in [0.15, 0.2) is 0 Å². The van der Waals surface area contributed by atoms with Gasteiger partial charge in [-0.25, -0.2) is 4.79 Å². The highest BCUT2D eigenvalue weighted by molar-refractivity contribution is 6.22. The maximum absolute atomic E-state index is 12.5. The maximum Gasteiger partial charge on any atom is 0.329 e. The van der Waals surface area contributed by atoms with Gasteiger partial charge in [0.05, 0.1) is 17.7 Å². The average Bonchev–Trinajstić information content (AvgIpc) is 2.81. The van der Waals surface area contributed by atoms with Gasteiger partial charge in [-0.2, -0.15) is 0 Å². The summed E-state index contributed by atoms with van der Waals surface area (Å²) in [6, 6.07) is 5.67. The van der Waals surface area contributed by atoms with E-state index < -0.39 is 23.8 Å². The van der Waals surface area contributed by atoms with Gasteiger partial charge in [0.25, 0.3) is 11.8 Å². The van der Waals surface area contributed by atoms with Crippen molar-refractivity contribution in [1.82, 2.24) is 4.90 Å². The number of carbonyl (C=O) groups is 3. The predicted molar refractivity (Wildman–Crippen MR) is 84.9 cm³/mol. The third kappa shape index (κ3) is 3.59. The molecule has 23 heavy (non-hydrogen) atoms. The molecular formula is C17H22N2O4. The molecule has 124 valence electrons. The first-order chi connectivity index (χ1) is 11.1. The Labute approximate surface area is 135 Å². The number of carbonyl (C=O) groups excluding carboxylic acids is 3. The molecule has 1 aliphatic rings. The van der Waals surface area contributed by atoms with Gasteiger partial charge in [-0.1, -0.05) is 25.5 Å². The molecule has 2 amide bonds. The SMILES string of the molecule is CCCCOC(=O)C(CCCN)N1C(=O)c2ccccc2C1=O. The molecule has 1 unspecified atom stereocenters. The van der Waals surface area contributed by atoms with Gasteiger partial charge in [-0.15, -0.1) is 0 Å². The highest BCUT2D eigenvalue weighted by Gasteiger charge is 2.42. The Morgan fingerprint density at radius 1 is 1.17 bits per heavy atom. The van der Waals surface area contributed by atoms with Crippen LogP contribution in [0.3, 0.4) is 0 Å². The molecule has 6 heteroatoms. The molecule has 0 spiro atoms. The van der Waals surface area contributed by atoms with Gasteiger partial charge >= 0.3 is 5.97 Å². The second kappa shape index (κ2) is 7.87. The fraction of sp³-hybridized carbons (Fsp3) is 0.471. The van der Waals surface area contributed by atoms with E-state index >= 15 is 0 Å². The average molecular weight is 318 g/mol. The topological polar surface area (TPSA) is 89.7 Å². The van der Waals surface area contributed by atoms with Crippen LogP contribution >= 0.6 is 0 Å². The van der Waals surface area contributed by atoms with Crippen molar-refractivity contribution in [2.45, 2.75) is 38.6 Å². The first kappa shape index (κ1) is 17.1. The first-order valence-electron chi connectivity index (χ1n) is 7.95. The number of hydrogen-bond acceptors (Lipinski definition) is 5. The lowest BCUT2D eigenvalue weighted by molar-refractivity contribution is -0.148. The van der Waals surface area contributed by atoms with Crippen LogP contribution in [0.25, 0.3) is 0 Å². The van der Waals surface area contributed by atoms with E-state index in [0.717, 1.165) is 17.7 Å². The molecule has 1 heterocycles. The zero-order valence-electron chi connectivity index (χ0n) is 13.3. The zero-order valence-corrected chi connectivity index (χ0v) is 13.3. The summed E-state index contributed by atoms with van der Waals surface area (Å²) in [5.41, 5.74) is 6.17. The van der Waals surface area contributed by atoms with Crippen molar-refractivity contribution in [3.05, 3.63) is 35.4 Å². The Hall–Kier alpha value is -2.21. The largest absolute Gasteiger partial charge is 0.464 e. The van der Waals surface area contributed by atoms with E-state index in [-0.39, 0.29) is 6.61 Å². The van der Waals surface area contributed by atoms with E-state index in [1.54, 1.807) is 24.3 Å². The maximum atomic E-state index is 12.5. The van der Waals surface area contributed by atoms with Gasteiger partial charge in [0, 0.05) is 0 Å². The zero-order chi connectivity index (χ0) is 16.8. The number of esters is 1. The number of amides is 2. The number of nitrogens with zero attached hydrogens (tertiary/aromatic N) is 1. The number of fused-ring (bicyclic) bond motifs is 1. The monoisotopic (exact) mass is 318 g/mol. The molecular weight excluding hydrogens is 296 g/mol. The number of rotatable bonds is 8. The summed E-state index contributed by atoms with van der Waals surface area (Å²) in [7, 11) is 0. The first-order valence-corrected chi connectivity index (χ1v) is 7.95. The minimum Gasteiger partial charge on any atom is -0.464 e. The second-order valence-electron chi connectivity index (χ2n) is 5.49. The normalized spacial score (nSPS) is 14.8. The number of unbranched alkanes of at least 4 members (excludes halogenated alkanes) is 1. The lowest BCUT2D eigenvalue weighted by atomic mass is 10.1. The molecule has 0 aliphatic carbocycles. The van der Waals surface area contributed by atoms with Crippen LogP contribution in [-0.4, -0.2) is 41.9 Å². The molecule has 0 fully saturated rings. The van der Waals surface area contributed by atoms with Crippen LogP contribution in [0.2, 0.25) is 0 Å². The number of hydrogen-bond donors (Lipinski definition) is 1. The molecule has 0 saturated heterocycles. The van der Waals surface area contributed by atoms with Gasteiger partial charge in [-0.3, -0.25) is 14.5 Å². The fourth-order valence-corrected chi connectivity index (χ4v) is 2.57. The smallest absolute Gasteiger partial charge is 0.329 e. The molecule has 1 atom stereocenters. The molecule has 1 aliphatic heterocycles.